The molecule has 0 saturated heterocycles. The van der Waals surface area contributed by atoms with E-state index in [-0.39, 0.29) is 6.04 Å². The van der Waals surface area contributed by atoms with E-state index < -0.39 is 0 Å². The zero-order valence-electron chi connectivity index (χ0n) is 16.9. The van der Waals surface area contributed by atoms with Crippen LogP contribution in [-0.4, -0.2) is 40.7 Å². The predicted octanol–water partition coefficient (Wildman–Crippen LogP) is 4.32. The van der Waals surface area contributed by atoms with Crippen molar-refractivity contribution in [3.63, 3.8) is 0 Å². The number of aromatic amines is 1. The predicted molar refractivity (Wildman–Crippen MR) is 114 cm³/mol. The highest BCUT2D eigenvalue weighted by Crippen LogP contribution is 2.18. The maximum atomic E-state index is 6.39. The molecule has 0 fully saturated rings. The summed E-state index contributed by atoms with van der Waals surface area (Å²) in [6.45, 7) is 8.78. The van der Waals surface area contributed by atoms with Gasteiger partial charge in [-0.05, 0) is 56.4 Å². The highest BCUT2D eigenvalue weighted by molar-refractivity contribution is 5.74. The fourth-order valence-electron chi connectivity index (χ4n) is 3.29. The fraction of sp³-hybridized carbons (Fsp3) is 0.545. The third-order valence-electron chi connectivity index (χ3n) is 4.73. The molecular weight excluding hydrogens is 334 g/mol. The Hall–Kier alpha value is -1.98. The molecule has 0 saturated carbocycles. The van der Waals surface area contributed by atoms with Gasteiger partial charge in [0, 0.05) is 18.4 Å². The van der Waals surface area contributed by atoms with Crippen LogP contribution in [0.25, 0.3) is 0 Å². The van der Waals surface area contributed by atoms with Crippen molar-refractivity contribution in [3.8, 4) is 0 Å². The minimum Gasteiger partial charge on any atom is -0.344 e. The van der Waals surface area contributed by atoms with Crippen molar-refractivity contribution < 1.29 is 0 Å². The largest absolute Gasteiger partial charge is 0.344 e. The van der Waals surface area contributed by atoms with Gasteiger partial charge in [0.1, 0.15) is 5.82 Å². The monoisotopic (exact) mass is 369 g/mol. The molecule has 0 radical (unpaired) electrons. The van der Waals surface area contributed by atoms with Crippen LogP contribution in [0.3, 0.4) is 0 Å². The second kappa shape index (κ2) is 12.4. The van der Waals surface area contributed by atoms with Crippen molar-refractivity contribution in [1.29, 1.82) is 0 Å². The van der Waals surface area contributed by atoms with Crippen molar-refractivity contribution >= 4 is 6.21 Å². The van der Waals surface area contributed by atoms with Gasteiger partial charge in [-0.2, -0.15) is 0 Å². The molecule has 1 aromatic carbocycles. The quantitative estimate of drug-likeness (QED) is 0.408. The minimum atomic E-state index is 0.122. The molecule has 1 unspecified atom stereocenters. The molecule has 0 bridgehead atoms. The van der Waals surface area contributed by atoms with Crippen LogP contribution in [0.15, 0.2) is 41.7 Å². The molecule has 1 aromatic heterocycles. The lowest BCUT2D eigenvalue weighted by Gasteiger charge is -2.21. The zero-order chi connectivity index (χ0) is 19.3. The molecule has 5 nitrogen and oxygen atoms in total. The number of aromatic nitrogens is 2. The molecule has 0 aliphatic heterocycles. The summed E-state index contributed by atoms with van der Waals surface area (Å²) in [7, 11) is 0. The average molecular weight is 370 g/mol. The van der Waals surface area contributed by atoms with Crippen molar-refractivity contribution in [3.05, 3.63) is 53.6 Å². The van der Waals surface area contributed by atoms with E-state index in [9.17, 15) is 0 Å². The van der Waals surface area contributed by atoms with Crippen molar-refractivity contribution in [2.24, 2.45) is 10.7 Å². The van der Waals surface area contributed by atoms with Gasteiger partial charge in [-0.1, -0.05) is 44.5 Å². The van der Waals surface area contributed by atoms with Gasteiger partial charge >= 0.3 is 0 Å². The molecule has 1 atom stereocenters. The van der Waals surface area contributed by atoms with E-state index in [0.717, 1.165) is 12.2 Å². The molecular formula is C22H35N5. The van der Waals surface area contributed by atoms with E-state index in [4.69, 9.17) is 5.73 Å². The summed E-state index contributed by atoms with van der Waals surface area (Å²) in [5.41, 5.74) is 8.79. The molecule has 0 spiro atoms. The van der Waals surface area contributed by atoms with Crippen molar-refractivity contribution in [2.45, 2.75) is 58.5 Å². The number of aliphatic imine (C=N–C) groups is 1. The molecule has 0 amide bonds. The van der Waals surface area contributed by atoms with Crippen LogP contribution in [0.5, 0.6) is 0 Å². The van der Waals surface area contributed by atoms with E-state index in [2.05, 4.69) is 58.0 Å². The Kier molecular flexibility index (Phi) is 9.80. The molecule has 0 aliphatic carbocycles. The van der Waals surface area contributed by atoms with Gasteiger partial charge in [0.05, 0.1) is 12.8 Å². The van der Waals surface area contributed by atoms with Gasteiger partial charge in [-0.3, -0.25) is 4.99 Å². The number of benzene rings is 1. The highest BCUT2D eigenvalue weighted by atomic mass is 15.1. The number of nitrogens with zero attached hydrogens (tertiary/aromatic N) is 3. The van der Waals surface area contributed by atoms with Gasteiger partial charge in [0.25, 0.3) is 0 Å². The maximum absolute atomic E-state index is 6.39. The molecule has 3 N–H and O–H groups in total. The lowest BCUT2D eigenvalue weighted by molar-refractivity contribution is 0.267. The van der Waals surface area contributed by atoms with Crippen molar-refractivity contribution in [1.82, 2.24) is 14.9 Å². The number of hydrogen-bond acceptors (Lipinski definition) is 4. The highest BCUT2D eigenvalue weighted by Gasteiger charge is 2.07. The topological polar surface area (TPSA) is 70.3 Å². The van der Waals surface area contributed by atoms with E-state index in [1.165, 1.54) is 56.4 Å². The van der Waals surface area contributed by atoms with E-state index in [0.29, 0.717) is 6.54 Å². The fourth-order valence-corrected chi connectivity index (χ4v) is 3.29. The summed E-state index contributed by atoms with van der Waals surface area (Å²) in [5, 5.41) is 0. The maximum Gasteiger partial charge on any atom is 0.148 e. The molecule has 5 heteroatoms. The number of nitrogens with one attached hydrogen (secondary N) is 1. The van der Waals surface area contributed by atoms with Crippen LogP contribution >= 0.6 is 0 Å². The summed E-state index contributed by atoms with van der Waals surface area (Å²) < 4.78 is 0. The van der Waals surface area contributed by atoms with Crippen LogP contribution in [0.4, 0.5) is 0 Å². The van der Waals surface area contributed by atoms with Crippen LogP contribution in [0, 0.1) is 0 Å². The van der Waals surface area contributed by atoms with Crippen LogP contribution in [-0.2, 0) is 6.54 Å². The summed E-state index contributed by atoms with van der Waals surface area (Å²) in [4.78, 5) is 14.1. The Morgan fingerprint density at radius 3 is 2.48 bits per heavy atom. The third-order valence-corrected chi connectivity index (χ3v) is 4.73. The molecule has 0 aliphatic rings. The first kappa shape index (κ1) is 21.3. The Morgan fingerprint density at radius 2 is 1.85 bits per heavy atom. The number of imidazole rings is 1. The first-order chi connectivity index (χ1) is 13.2. The number of H-pyrrole nitrogens is 1. The Bertz CT molecular complexity index is 627. The van der Waals surface area contributed by atoms with Gasteiger partial charge < -0.3 is 15.6 Å². The average Bonchev–Trinajstić information content (AvgIpc) is 3.19. The summed E-state index contributed by atoms with van der Waals surface area (Å²) in [6, 6.07) is 8.65. The second-order valence-electron chi connectivity index (χ2n) is 7.13. The molecule has 27 heavy (non-hydrogen) atoms. The van der Waals surface area contributed by atoms with Gasteiger partial charge in [-0.15, -0.1) is 0 Å². The Morgan fingerprint density at radius 1 is 1.11 bits per heavy atom. The Labute approximate surface area is 164 Å². The SMILES string of the molecule is CCCN(CCC)CCCCC(N)c1ccc(CN=Cc2ncc[nH]2)cc1. The summed E-state index contributed by atoms with van der Waals surface area (Å²) >= 11 is 0. The third kappa shape index (κ3) is 8.06. The van der Waals surface area contributed by atoms with E-state index in [1.807, 2.05) is 0 Å². The lowest BCUT2D eigenvalue weighted by atomic mass is 10.0. The van der Waals surface area contributed by atoms with Gasteiger partial charge in [0.15, 0.2) is 0 Å². The van der Waals surface area contributed by atoms with Gasteiger partial charge in [-0.25, -0.2) is 4.98 Å². The first-order valence-corrected chi connectivity index (χ1v) is 10.3. The van der Waals surface area contributed by atoms with Crippen molar-refractivity contribution in [2.75, 3.05) is 19.6 Å². The standard InChI is InChI=1S/C22H35N5/c1-3-14-27(15-4-2)16-6-5-7-21(23)20-10-8-19(9-11-20)17-24-18-22-25-12-13-26-22/h8-13,18,21H,3-7,14-17,23H2,1-2H3,(H,25,26). The Balaban J connectivity index is 1.70. The molecule has 2 aromatic rings. The zero-order valence-corrected chi connectivity index (χ0v) is 16.9. The minimum absolute atomic E-state index is 0.122. The number of nitrogens with two attached hydrogens (primary N) is 1. The van der Waals surface area contributed by atoms with Crippen LogP contribution < -0.4 is 5.73 Å². The van der Waals surface area contributed by atoms with Gasteiger partial charge in [0.2, 0.25) is 0 Å². The van der Waals surface area contributed by atoms with Crippen LogP contribution in [0.2, 0.25) is 0 Å². The van der Waals surface area contributed by atoms with E-state index in [1.54, 1.807) is 18.6 Å². The second-order valence-corrected chi connectivity index (χ2v) is 7.13. The number of hydrogen-bond donors (Lipinski definition) is 2. The molecule has 1 heterocycles. The normalized spacial score (nSPS) is 12.9. The molecule has 148 valence electrons. The molecule has 2 rings (SSSR count). The first-order valence-electron chi connectivity index (χ1n) is 10.3. The lowest BCUT2D eigenvalue weighted by Crippen LogP contribution is -2.26. The number of rotatable bonds is 13. The van der Waals surface area contributed by atoms with Crippen LogP contribution in [0.1, 0.15) is 68.9 Å². The number of unbranched alkanes of at least 4 members (excludes halogenated alkanes) is 1. The summed E-state index contributed by atoms with van der Waals surface area (Å²) in [5.74, 6) is 0.782. The summed E-state index contributed by atoms with van der Waals surface area (Å²) in [6.07, 6.45) is 11.2. The smallest absolute Gasteiger partial charge is 0.148 e. The van der Waals surface area contributed by atoms with E-state index >= 15 is 0 Å².